The Bertz CT molecular complexity index is 983. The maximum atomic E-state index is 12.5. The maximum Gasteiger partial charge on any atom is 0.414 e. The van der Waals surface area contributed by atoms with Gasteiger partial charge in [0.15, 0.2) is 0 Å². The highest BCUT2D eigenvalue weighted by molar-refractivity contribution is 5.98. The zero-order valence-electron chi connectivity index (χ0n) is 19.2. The largest absolute Gasteiger partial charge is 0.491 e. The van der Waals surface area contributed by atoms with Crippen LogP contribution in [-0.4, -0.2) is 50.1 Å². The third kappa shape index (κ3) is 6.58. The highest BCUT2D eigenvalue weighted by atomic mass is 16.6. The van der Waals surface area contributed by atoms with Crippen molar-refractivity contribution in [2.45, 2.75) is 33.1 Å². The van der Waals surface area contributed by atoms with E-state index in [2.05, 4.69) is 6.92 Å². The van der Waals surface area contributed by atoms with Gasteiger partial charge in [0.2, 0.25) is 0 Å². The molecule has 7 nitrogen and oxygen atoms in total. The van der Waals surface area contributed by atoms with Crippen molar-refractivity contribution in [2.75, 3.05) is 37.9 Å². The van der Waals surface area contributed by atoms with Crippen molar-refractivity contribution < 1.29 is 28.9 Å². The van der Waals surface area contributed by atoms with Crippen LogP contribution in [0.1, 0.15) is 38.7 Å². The lowest BCUT2D eigenvalue weighted by molar-refractivity contribution is -0.132. The molecule has 0 aliphatic carbocycles. The van der Waals surface area contributed by atoms with Crippen LogP contribution in [0.15, 0.2) is 48.0 Å². The van der Waals surface area contributed by atoms with Crippen LogP contribution in [0.4, 0.5) is 10.5 Å². The van der Waals surface area contributed by atoms with Gasteiger partial charge in [0.05, 0.1) is 18.9 Å². The zero-order valence-corrected chi connectivity index (χ0v) is 19.2. The average Bonchev–Trinajstić information content (AvgIpc) is 3.01. The molecule has 0 saturated heterocycles. The SMILES string of the molecule is CCCCOCCOc1ccc(-c2ccc3c(c2)C=C(C(=O)O)CCN3C(=O)OCC)cc1. The molecule has 0 saturated carbocycles. The molecule has 0 unspecified atom stereocenters. The standard InChI is InChI=1S/C26H31NO6/c1-3-5-14-31-15-16-33-23-9-6-19(7-10-23)20-8-11-24-22(17-20)18-21(25(28)29)12-13-27(24)26(30)32-4-2/h6-11,17-18H,3-5,12-16H2,1-2H3,(H,28,29). The van der Waals surface area contributed by atoms with Gasteiger partial charge in [-0.05, 0) is 66.8 Å². The first-order valence-electron chi connectivity index (χ1n) is 11.4. The van der Waals surface area contributed by atoms with Crippen molar-refractivity contribution in [3.8, 4) is 16.9 Å². The fourth-order valence-electron chi connectivity index (χ4n) is 3.58. The van der Waals surface area contributed by atoms with Gasteiger partial charge < -0.3 is 19.3 Å². The predicted molar refractivity (Wildman–Crippen MR) is 128 cm³/mol. The molecule has 2 aromatic rings. The summed E-state index contributed by atoms with van der Waals surface area (Å²) in [5, 5.41) is 9.54. The summed E-state index contributed by atoms with van der Waals surface area (Å²) in [5.41, 5.74) is 3.43. The number of benzene rings is 2. The van der Waals surface area contributed by atoms with E-state index in [9.17, 15) is 14.7 Å². The smallest absolute Gasteiger partial charge is 0.414 e. The van der Waals surface area contributed by atoms with E-state index in [4.69, 9.17) is 14.2 Å². The van der Waals surface area contributed by atoms with Crippen LogP contribution < -0.4 is 9.64 Å². The molecule has 0 aromatic heterocycles. The van der Waals surface area contributed by atoms with E-state index in [-0.39, 0.29) is 25.1 Å². The number of unbranched alkanes of at least 4 members (excludes halogenated alkanes) is 1. The molecule has 176 valence electrons. The van der Waals surface area contributed by atoms with Crippen LogP contribution in [0, 0.1) is 0 Å². The van der Waals surface area contributed by atoms with E-state index in [1.807, 2.05) is 42.5 Å². The first-order valence-corrected chi connectivity index (χ1v) is 11.4. The molecule has 1 aliphatic heterocycles. The number of aliphatic carboxylic acids is 1. The van der Waals surface area contributed by atoms with Crippen molar-refractivity contribution in [1.82, 2.24) is 0 Å². The topological polar surface area (TPSA) is 85.3 Å². The second kappa shape index (κ2) is 12.1. The van der Waals surface area contributed by atoms with Gasteiger partial charge in [-0.25, -0.2) is 9.59 Å². The lowest BCUT2D eigenvalue weighted by Gasteiger charge is -2.22. The van der Waals surface area contributed by atoms with Gasteiger partial charge in [-0.2, -0.15) is 0 Å². The summed E-state index contributed by atoms with van der Waals surface area (Å²) < 4.78 is 16.4. The number of ether oxygens (including phenoxy) is 3. The van der Waals surface area contributed by atoms with E-state index >= 15 is 0 Å². The highest BCUT2D eigenvalue weighted by Crippen LogP contribution is 2.33. The second-order valence-corrected chi connectivity index (χ2v) is 7.69. The highest BCUT2D eigenvalue weighted by Gasteiger charge is 2.24. The first-order chi connectivity index (χ1) is 16.0. The summed E-state index contributed by atoms with van der Waals surface area (Å²) in [7, 11) is 0. The Morgan fingerprint density at radius 3 is 2.45 bits per heavy atom. The second-order valence-electron chi connectivity index (χ2n) is 7.69. The van der Waals surface area contributed by atoms with Crippen LogP contribution in [0.3, 0.4) is 0 Å². The van der Waals surface area contributed by atoms with Crippen molar-refractivity contribution in [1.29, 1.82) is 0 Å². The molecule has 0 atom stereocenters. The van der Waals surface area contributed by atoms with Gasteiger partial charge in [0, 0.05) is 18.7 Å². The predicted octanol–water partition coefficient (Wildman–Crippen LogP) is 5.38. The number of nitrogens with zero attached hydrogens (tertiary/aromatic N) is 1. The van der Waals surface area contributed by atoms with Gasteiger partial charge in [-0.15, -0.1) is 0 Å². The Hall–Kier alpha value is -3.32. The Kier molecular flexibility index (Phi) is 8.89. The molecule has 7 heteroatoms. The van der Waals surface area contributed by atoms with E-state index < -0.39 is 12.1 Å². The van der Waals surface area contributed by atoms with Crippen LogP contribution in [0.25, 0.3) is 17.2 Å². The third-order valence-electron chi connectivity index (χ3n) is 5.34. The summed E-state index contributed by atoms with van der Waals surface area (Å²) in [6, 6.07) is 13.4. The molecule has 3 rings (SSSR count). The zero-order chi connectivity index (χ0) is 23.6. The number of carbonyl (C=O) groups is 2. The fraction of sp³-hybridized carbons (Fsp3) is 0.385. The Morgan fingerprint density at radius 1 is 1.00 bits per heavy atom. The number of hydrogen-bond donors (Lipinski definition) is 1. The third-order valence-corrected chi connectivity index (χ3v) is 5.34. The Labute approximate surface area is 194 Å². The number of carboxylic acids is 1. The van der Waals surface area contributed by atoms with Crippen LogP contribution in [-0.2, 0) is 14.3 Å². The number of rotatable bonds is 10. The molecular formula is C26H31NO6. The van der Waals surface area contributed by atoms with Crippen molar-refractivity contribution in [2.24, 2.45) is 0 Å². The van der Waals surface area contributed by atoms with Crippen LogP contribution in [0.2, 0.25) is 0 Å². The molecule has 1 heterocycles. The van der Waals surface area contributed by atoms with Gasteiger partial charge in [0.25, 0.3) is 0 Å². The quantitative estimate of drug-likeness (QED) is 0.486. The minimum atomic E-state index is -0.989. The summed E-state index contributed by atoms with van der Waals surface area (Å²) in [6.45, 7) is 6.18. The summed E-state index contributed by atoms with van der Waals surface area (Å²) >= 11 is 0. The van der Waals surface area contributed by atoms with Crippen molar-refractivity contribution in [3.05, 3.63) is 53.6 Å². The molecular weight excluding hydrogens is 422 g/mol. The summed E-state index contributed by atoms with van der Waals surface area (Å²) in [5.74, 6) is -0.230. The van der Waals surface area contributed by atoms with E-state index in [1.54, 1.807) is 13.0 Å². The number of hydrogen-bond acceptors (Lipinski definition) is 5. The van der Waals surface area contributed by atoms with E-state index in [0.717, 1.165) is 36.3 Å². The Balaban J connectivity index is 1.77. The Morgan fingerprint density at radius 2 is 1.76 bits per heavy atom. The summed E-state index contributed by atoms with van der Waals surface area (Å²) in [4.78, 5) is 25.6. The fourth-order valence-corrected chi connectivity index (χ4v) is 3.58. The van der Waals surface area contributed by atoms with Gasteiger partial charge >= 0.3 is 12.1 Å². The molecule has 2 aromatic carbocycles. The molecule has 33 heavy (non-hydrogen) atoms. The van der Waals surface area contributed by atoms with E-state index in [0.29, 0.717) is 24.5 Å². The molecule has 1 N–H and O–H groups in total. The maximum absolute atomic E-state index is 12.5. The lowest BCUT2D eigenvalue weighted by Crippen LogP contribution is -2.32. The first kappa shape index (κ1) is 24.3. The average molecular weight is 454 g/mol. The molecule has 0 radical (unpaired) electrons. The van der Waals surface area contributed by atoms with Gasteiger partial charge in [-0.1, -0.05) is 31.5 Å². The molecule has 0 fully saturated rings. The lowest BCUT2D eigenvalue weighted by atomic mass is 10.0. The minimum Gasteiger partial charge on any atom is -0.491 e. The monoisotopic (exact) mass is 453 g/mol. The van der Waals surface area contributed by atoms with Crippen molar-refractivity contribution >= 4 is 23.8 Å². The van der Waals surface area contributed by atoms with E-state index in [1.165, 1.54) is 4.90 Å². The van der Waals surface area contributed by atoms with Crippen molar-refractivity contribution in [3.63, 3.8) is 0 Å². The van der Waals surface area contributed by atoms with Gasteiger partial charge in [0.1, 0.15) is 12.4 Å². The van der Waals surface area contributed by atoms with Crippen LogP contribution >= 0.6 is 0 Å². The normalized spacial score (nSPS) is 13.0. The molecule has 0 spiro atoms. The number of carbonyl (C=O) groups excluding carboxylic acids is 1. The number of carboxylic acid groups (broad SMARTS) is 1. The molecule has 1 amide bonds. The minimum absolute atomic E-state index is 0.242. The number of amides is 1. The molecule has 0 bridgehead atoms. The number of fused-ring (bicyclic) bond motifs is 1. The van der Waals surface area contributed by atoms with Gasteiger partial charge in [-0.3, -0.25) is 4.90 Å². The number of anilines is 1. The molecule has 1 aliphatic rings. The summed E-state index contributed by atoms with van der Waals surface area (Å²) in [6.07, 6.45) is 3.56. The van der Waals surface area contributed by atoms with Crippen LogP contribution in [0.5, 0.6) is 5.75 Å².